The van der Waals surface area contributed by atoms with E-state index in [0.717, 1.165) is 0 Å². The van der Waals surface area contributed by atoms with Crippen molar-refractivity contribution in [3.05, 3.63) is 24.0 Å². The van der Waals surface area contributed by atoms with E-state index in [1.54, 1.807) is 13.0 Å². The van der Waals surface area contributed by atoms with Crippen molar-refractivity contribution in [1.82, 2.24) is 0 Å². The lowest BCUT2D eigenvalue weighted by molar-refractivity contribution is 0.0689. The Morgan fingerprint density at radius 1 is 1.56 bits per heavy atom. The standard InChI is InChI=1S/C11H10O5/c1-2-15-10-6-3-4-16-8(6)5-7(12)9(10)11(13)14/h3-5,12H,2H2,1H3,(H,13,14). The maximum atomic E-state index is 11.0. The van der Waals surface area contributed by atoms with Crippen LogP contribution in [0.3, 0.4) is 0 Å². The topological polar surface area (TPSA) is 79.9 Å². The fourth-order valence-electron chi connectivity index (χ4n) is 1.57. The van der Waals surface area contributed by atoms with Gasteiger partial charge in [-0.15, -0.1) is 0 Å². The van der Waals surface area contributed by atoms with E-state index < -0.39 is 5.97 Å². The molecule has 16 heavy (non-hydrogen) atoms. The quantitative estimate of drug-likeness (QED) is 0.832. The molecule has 0 bridgehead atoms. The molecule has 0 saturated heterocycles. The molecule has 0 atom stereocenters. The zero-order valence-electron chi connectivity index (χ0n) is 8.56. The minimum absolute atomic E-state index is 0.138. The maximum absolute atomic E-state index is 11.0. The van der Waals surface area contributed by atoms with Crippen molar-refractivity contribution in [3.63, 3.8) is 0 Å². The summed E-state index contributed by atoms with van der Waals surface area (Å²) in [5, 5.41) is 19.1. The van der Waals surface area contributed by atoms with Crippen molar-refractivity contribution in [3.8, 4) is 11.5 Å². The van der Waals surface area contributed by atoms with E-state index in [0.29, 0.717) is 17.6 Å². The molecule has 0 radical (unpaired) electrons. The molecular formula is C11H10O5. The second kappa shape index (κ2) is 3.77. The number of hydrogen-bond acceptors (Lipinski definition) is 4. The highest BCUT2D eigenvalue weighted by molar-refractivity contribution is 6.02. The maximum Gasteiger partial charge on any atom is 0.343 e. The molecule has 5 nitrogen and oxygen atoms in total. The first kappa shape index (κ1) is 10.4. The van der Waals surface area contributed by atoms with Crippen molar-refractivity contribution in [1.29, 1.82) is 0 Å². The van der Waals surface area contributed by atoms with Gasteiger partial charge in [-0.2, -0.15) is 0 Å². The summed E-state index contributed by atoms with van der Waals surface area (Å²) in [4.78, 5) is 11.0. The number of carbonyl (C=O) groups is 1. The van der Waals surface area contributed by atoms with Gasteiger partial charge in [0.25, 0.3) is 0 Å². The van der Waals surface area contributed by atoms with Crippen LogP contribution in [0.5, 0.6) is 11.5 Å². The minimum atomic E-state index is -1.23. The molecule has 0 amide bonds. The van der Waals surface area contributed by atoms with Gasteiger partial charge >= 0.3 is 5.97 Å². The molecule has 0 unspecified atom stereocenters. The highest BCUT2D eigenvalue weighted by Crippen LogP contribution is 2.37. The second-order valence-electron chi connectivity index (χ2n) is 3.17. The molecule has 1 aromatic carbocycles. The average molecular weight is 222 g/mol. The van der Waals surface area contributed by atoms with Crippen LogP contribution in [0.2, 0.25) is 0 Å². The number of aromatic hydroxyl groups is 1. The van der Waals surface area contributed by atoms with Crippen LogP contribution in [0.1, 0.15) is 17.3 Å². The Kier molecular flexibility index (Phi) is 2.44. The largest absolute Gasteiger partial charge is 0.507 e. The van der Waals surface area contributed by atoms with Gasteiger partial charge in [-0.25, -0.2) is 4.79 Å². The lowest BCUT2D eigenvalue weighted by atomic mass is 10.1. The summed E-state index contributed by atoms with van der Waals surface area (Å²) in [6.07, 6.45) is 1.41. The number of fused-ring (bicyclic) bond motifs is 1. The number of rotatable bonds is 3. The van der Waals surface area contributed by atoms with Crippen molar-refractivity contribution < 1.29 is 24.2 Å². The monoisotopic (exact) mass is 222 g/mol. The van der Waals surface area contributed by atoms with Gasteiger partial charge in [-0.1, -0.05) is 0 Å². The van der Waals surface area contributed by atoms with Crippen LogP contribution in [-0.4, -0.2) is 22.8 Å². The Hall–Kier alpha value is -2.17. The molecule has 1 heterocycles. The summed E-state index contributed by atoms with van der Waals surface area (Å²) in [6.45, 7) is 2.05. The Bertz CT molecular complexity index is 541. The molecule has 2 aromatic rings. The predicted octanol–water partition coefficient (Wildman–Crippen LogP) is 2.24. The Morgan fingerprint density at radius 2 is 2.31 bits per heavy atom. The highest BCUT2D eigenvalue weighted by atomic mass is 16.5. The van der Waals surface area contributed by atoms with Crippen molar-refractivity contribution in [2.75, 3.05) is 6.61 Å². The van der Waals surface area contributed by atoms with Gasteiger partial charge in [0.1, 0.15) is 22.6 Å². The Labute approximate surface area is 90.9 Å². The van der Waals surface area contributed by atoms with Crippen LogP contribution in [0.25, 0.3) is 11.0 Å². The van der Waals surface area contributed by atoms with Crippen LogP contribution in [0.4, 0.5) is 0 Å². The smallest absolute Gasteiger partial charge is 0.343 e. The molecule has 0 aliphatic heterocycles. The molecule has 0 fully saturated rings. The summed E-state index contributed by atoms with van der Waals surface area (Å²) >= 11 is 0. The predicted molar refractivity (Wildman–Crippen MR) is 56.0 cm³/mol. The van der Waals surface area contributed by atoms with E-state index in [1.807, 2.05) is 0 Å². The van der Waals surface area contributed by atoms with Gasteiger partial charge in [-0.05, 0) is 13.0 Å². The summed E-state index contributed by atoms with van der Waals surface area (Å²) in [6, 6.07) is 2.87. The molecule has 5 heteroatoms. The van der Waals surface area contributed by atoms with Gasteiger partial charge in [0.2, 0.25) is 0 Å². The fraction of sp³-hybridized carbons (Fsp3) is 0.182. The SMILES string of the molecule is CCOc1c(C(=O)O)c(O)cc2occc12. The van der Waals surface area contributed by atoms with E-state index in [-0.39, 0.29) is 17.1 Å². The Balaban J connectivity index is 2.79. The third-order valence-electron chi connectivity index (χ3n) is 2.19. The highest BCUT2D eigenvalue weighted by Gasteiger charge is 2.21. The summed E-state index contributed by atoms with van der Waals surface area (Å²) in [7, 11) is 0. The van der Waals surface area contributed by atoms with E-state index in [4.69, 9.17) is 14.3 Å². The molecular weight excluding hydrogens is 212 g/mol. The van der Waals surface area contributed by atoms with Gasteiger partial charge in [0, 0.05) is 6.07 Å². The number of aromatic carboxylic acids is 1. The van der Waals surface area contributed by atoms with Crippen LogP contribution in [0.15, 0.2) is 22.8 Å². The van der Waals surface area contributed by atoms with Crippen molar-refractivity contribution in [2.45, 2.75) is 6.92 Å². The zero-order chi connectivity index (χ0) is 11.7. The first-order chi connectivity index (χ1) is 7.65. The summed E-state index contributed by atoms with van der Waals surface area (Å²) in [5.41, 5.74) is 0.154. The molecule has 0 aliphatic carbocycles. The van der Waals surface area contributed by atoms with Crippen molar-refractivity contribution >= 4 is 16.9 Å². The van der Waals surface area contributed by atoms with E-state index in [9.17, 15) is 9.90 Å². The van der Waals surface area contributed by atoms with Crippen LogP contribution in [-0.2, 0) is 0 Å². The number of furan rings is 1. The lowest BCUT2D eigenvalue weighted by Crippen LogP contribution is -2.03. The number of ether oxygens (including phenoxy) is 1. The van der Waals surface area contributed by atoms with Gasteiger partial charge in [0.05, 0.1) is 18.3 Å². The van der Waals surface area contributed by atoms with E-state index in [1.165, 1.54) is 12.3 Å². The van der Waals surface area contributed by atoms with Crippen molar-refractivity contribution in [2.24, 2.45) is 0 Å². The number of benzene rings is 1. The lowest BCUT2D eigenvalue weighted by Gasteiger charge is -2.09. The van der Waals surface area contributed by atoms with E-state index in [2.05, 4.69) is 0 Å². The summed E-state index contributed by atoms with van der Waals surface area (Å²) < 4.78 is 10.3. The molecule has 84 valence electrons. The number of hydrogen-bond donors (Lipinski definition) is 2. The first-order valence-electron chi connectivity index (χ1n) is 4.74. The van der Waals surface area contributed by atoms with Crippen LogP contribution < -0.4 is 4.74 Å². The first-order valence-corrected chi connectivity index (χ1v) is 4.74. The normalized spacial score (nSPS) is 10.6. The third-order valence-corrected chi connectivity index (χ3v) is 2.19. The molecule has 2 rings (SSSR count). The van der Waals surface area contributed by atoms with Gasteiger partial charge < -0.3 is 19.4 Å². The number of phenols is 1. The molecule has 0 saturated carbocycles. The Morgan fingerprint density at radius 3 is 2.94 bits per heavy atom. The van der Waals surface area contributed by atoms with Crippen LogP contribution >= 0.6 is 0 Å². The van der Waals surface area contributed by atoms with E-state index >= 15 is 0 Å². The molecule has 2 N–H and O–H groups in total. The minimum Gasteiger partial charge on any atom is -0.507 e. The number of carboxylic acid groups (broad SMARTS) is 1. The van der Waals surface area contributed by atoms with Crippen LogP contribution in [0, 0.1) is 0 Å². The number of carboxylic acids is 1. The average Bonchev–Trinajstić information content (AvgIpc) is 2.64. The summed E-state index contributed by atoms with van der Waals surface area (Å²) in [5.74, 6) is -1.46. The molecule has 1 aromatic heterocycles. The van der Waals surface area contributed by atoms with Gasteiger partial charge in [0.15, 0.2) is 0 Å². The van der Waals surface area contributed by atoms with Gasteiger partial charge in [-0.3, -0.25) is 0 Å². The molecule has 0 spiro atoms. The third kappa shape index (κ3) is 1.46. The zero-order valence-corrected chi connectivity index (χ0v) is 8.56. The molecule has 0 aliphatic rings. The fourth-order valence-corrected chi connectivity index (χ4v) is 1.57. The second-order valence-corrected chi connectivity index (χ2v) is 3.17.